The number of fused-ring (bicyclic) bond motifs is 2. The van der Waals surface area contributed by atoms with Crippen molar-refractivity contribution in [1.82, 2.24) is 4.90 Å². The van der Waals surface area contributed by atoms with E-state index in [2.05, 4.69) is 4.74 Å². The minimum Gasteiger partial charge on any atom is -0.480 e. The van der Waals surface area contributed by atoms with Crippen molar-refractivity contribution in [2.24, 2.45) is 17.8 Å². The summed E-state index contributed by atoms with van der Waals surface area (Å²) in [6.45, 7) is 3.74. The van der Waals surface area contributed by atoms with Gasteiger partial charge in [-0.2, -0.15) is 0 Å². The van der Waals surface area contributed by atoms with Crippen LogP contribution in [0.3, 0.4) is 0 Å². The average Bonchev–Trinajstić information content (AvgIpc) is 3.03. The lowest BCUT2D eigenvalue weighted by Crippen LogP contribution is -2.52. The molecular formula is C15H23NO5. The fourth-order valence-electron chi connectivity index (χ4n) is 3.69. The molecule has 21 heavy (non-hydrogen) atoms. The summed E-state index contributed by atoms with van der Waals surface area (Å²) < 4.78 is 4.65. The molecular weight excluding hydrogens is 274 g/mol. The number of hydrogen-bond donors (Lipinski definition) is 1. The maximum absolute atomic E-state index is 12.8. The number of rotatable bonds is 5. The van der Waals surface area contributed by atoms with Crippen LogP contribution >= 0.6 is 0 Å². The largest absolute Gasteiger partial charge is 0.480 e. The number of carbonyl (C=O) groups is 3. The Hall–Kier alpha value is -1.59. The van der Waals surface area contributed by atoms with Gasteiger partial charge in [-0.1, -0.05) is 13.8 Å². The quantitative estimate of drug-likeness (QED) is 0.773. The smallest absolute Gasteiger partial charge is 0.326 e. The summed E-state index contributed by atoms with van der Waals surface area (Å²) in [6, 6.07) is -0.711. The number of carboxylic acids is 1. The van der Waals surface area contributed by atoms with E-state index in [1.807, 2.05) is 13.8 Å². The molecule has 0 radical (unpaired) electrons. The first kappa shape index (κ1) is 15.8. The zero-order chi connectivity index (χ0) is 15.7. The predicted octanol–water partition coefficient (Wildman–Crippen LogP) is 1.29. The summed E-state index contributed by atoms with van der Waals surface area (Å²) in [5.74, 6) is -2.07. The Morgan fingerprint density at radius 2 is 1.95 bits per heavy atom. The van der Waals surface area contributed by atoms with E-state index < -0.39 is 23.9 Å². The molecule has 118 valence electrons. The Bertz CT molecular complexity index is 447. The first-order chi connectivity index (χ1) is 9.86. The highest BCUT2D eigenvalue weighted by atomic mass is 16.5. The second-order valence-corrected chi connectivity index (χ2v) is 6.39. The van der Waals surface area contributed by atoms with Crippen LogP contribution in [0.1, 0.15) is 39.5 Å². The summed E-state index contributed by atoms with van der Waals surface area (Å²) >= 11 is 0. The van der Waals surface area contributed by atoms with Crippen molar-refractivity contribution in [1.29, 1.82) is 0 Å². The number of amides is 1. The van der Waals surface area contributed by atoms with Crippen LogP contribution in [0, 0.1) is 17.8 Å². The van der Waals surface area contributed by atoms with E-state index in [1.54, 1.807) is 0 Å². The molecule has 6 heteroatoms. The van der Waals surface area contributed by atoms with Crippen LogP contribution in [0.4, 0.5) is 0 Å². The first-order valence-corrected chi connectivity index (χ1v) is 7.48. The van der Waals surface area contributed by atoms with Gasteiger partial charge in [0.2, 0.25) is 5.91 Å². The van der Waals surface area contributed by atoms with E-state index in [4.69, 9.17) is 0 Å². The van der Waals surface area contributed by atoms with Crippen molar-refractivity contribution in [3.8, 4) is 0 Å². The van der Waals surface area contributed by atoms with E-state index in [1.165, 1.54) is 12.0 Å². The number of likely N-dealkylation sites (tertiary alicyclic amines) is 1. The molecule has 1 aliphatic heterocycles. The van der Waals surface area contributed by atoms with Gasteiger partial charge in [-0.05, 0) is 31.1 Å². The molecule has 1 saturated heterocycles. The fraction of sp³-hybridized carbons (Fsp3) is 0.800. The zero-order valence-corrected chi connectivity index (χ0v) is 12.7. The maximum Gasteiger partial charge on any atom is 0.326 e. The summed E-state index contributed by atoms with van der Waals surface area (Å²) in [4.78, 5) is 37.3. The Labute approximate surface area is 124 Å². The molecule has 6 nitrogen and oxygen atoms in total. The highest BCUT2D eigenvalue weighted by Gasteiger charge is 2.52. The number of hydrogen-bond acceptors (Lipinski definition) is 4. The lowest BCUT2D eigenvalue weighted by Gasteiger charge is -2.36. The highest BCUT2D eigenvalue weighted by molar-refractivity contribution is 5.89. The molecule has 0 aromatic carbocycles. The number of esters is 1. The van der Waals surface area contributed by atoms with Crippen LogP contribution in [0.5, 0.6) is 0 Å². The molecule has 2 rings (SSSR count). The van der Waals surface area contributed by atoms with E-state index in [9.17, 15) is 19.5 Å². The topological polar surface area (TPSA) is 83.9 Å². The standard InChI is InChI=1S/C15H23NO5/c1-8(2)11(7-12(17)21-3)14(18)16-10-5-4-9(6-10)13(16)15(19)20/h8-11,13H,4-7H2,1-3H3,(H,19,20)/t9-,10+,11-,13-/m0/s1. The molecule has 0 aromatic heterocycles. The van der Waals surface area contributed by atoms with Gasteiger partial charge in [0.05, 0.1) is 19.4 Å². The molecule has 0 spiro atoms. The van der Waals surface area contributed by atoms with Crippen molar-refractivity contribution >= 4 is 17.8 Å². The van der Waals surface area contributed by atoms with Gasteiger partial charge in [0.15, 0.2) is 0 Å². The number of aliphatic carboxylic acids is 1. The van der Waals surface area contributed by atoms with Gasteiger partial charge in [0, 0.05) is 6.04 Å². The summed E-state index contributed by atoms with van der Waals surface area (Å²) in [6.07, 6.45) is 2.51. The van der Waals surface area contributed by atoms with Crippen molar-refractivity contribution < 1.29 is 24.2 Å². The van der Waals surface area contributed by atoms with Gasteiger partial charge in [-0.25, -0.2) is 4.79 Å². The zero-order valence-electron chi connectivity index (χ0n) is 12.7. The van der Waals surface area contributed by atoms with Crippen LogP contribution < -0.4 is 0 Å². The van der Waals surface area contributed by atoms with Crippen molar-refractivity contribution in [3.63, 3.8) is 0 Å². The molecule has 1 heterocycles. The van der Waals surface area contributed by atoms with E-state index >= 15 is 0 Å². The number of methoxy groups -OCH3 is 1. The van der Waals surface area contributed by atoms with Gasteiger partial charge in [-0.15, -0.1) is 0 Å². The fourth-order valence-corrected chi connectivity index (χ4v) is 3.69. The summed E-state index contributed by atoms with van der Waals surface area (Å²) in [5, 5.41) is 9.42. The molecule has 4 atom stereocenters. The highest BCUT2D eigenvalue weighted by Crippen LogP contribution is 2.43. The number of nitrogens with zero attached hydrogens (tertiary/aromatic N) is 1. The molecule has 1 aliphatic carbocycles. The second-order valence-electron chi connectivity index (χ2n) is 6.39. The van der Waals surface area contributed by atoms with Gasteiger partial charge >= 0.3 is 11.9 Å². The molecule has 2 aliphatic rings. The number of carbonyl (C=O) groups excluding carboxylic acids is 2. The molecule has 1 amide bonds. The molecule has 1 saturated carbocycles. The molecule has 1 N–H and O–H groups in total. The van der Waals surface area contributed by atoms with Crippen LogP contribution in [0.15, 0.2) is 0 Å². The van der Waals surface area contributed by atoms with Crippen LogP contribution in [-0.4, -0.2) is 47.0 Å². The Morgan fingerprint density at radius 3 is 2.48 bits per heavy atom. The number of carboxylic acid groups (broad SMARTS) is 1. The normalized spacial score (nSPS) is 28.8. The average molecular weight is 297 g/mol. The van der Waals surface area contributed by atoms with Gasteiger partial charge in [-0.3, -0.25) is 9.59 Å². The SMILES string of the molecule is COC(=O)C[C@H](C(=O)N1[C@@H]2CC[C@@H](C2)[C@H]1C(=O)O)C(C)C. The molecule has 2 bridgehead atoms. The minimum atomic E-state index is -0.934. The van der Waals surface area contributed by atoms with E-state index in [0.717, 1.165) is 19.3 Å². The third-order valence-corrected chi connectivity index (χ3v) is 4.83. The summed E-state index contributed by atoms with van der Waals surface area (Å²) in [7, 11) is 1.29. The Morgan fingerprint density at radius 1 is 1.29 bits per heavy atom. The number of ether oxygens (including phenoxy) is 1. The van der Waals surface area contributed by atoms with Crippen LogP contribution in [0.25, 0.3) is 0 Å². The van der Waals surface area contributed by atoms with Gasteiger partial charge in [0.25, 0.3) is 0 Å². The van der Waals surface area contributed by atoms with Gasteiger partial charge in [0.1, 0.15) is 6.04 Å². The Kier molecular flexibility index (Phi) is 4.54. The summed E-state index contributed by atoms with van der Waals surface area (Å²) in [5.41, 5.74) is 0. The maximum atomic E-state index is 12.8. The Balaban J connectivity index is 2.19. The second kappa shape index (κ2) is 6.03. The van der Waals surface area contributed by atoms with Crippen LogP contribution in [-0.2, 0) is 19.1 Å². The van der Waals surface area contributed by atoms with Gasteiger partial charge < -0.3 is 14.7 Å². The van der Waals surface area contributed by atoms with Crippen molar-refractivity contribution in [2.75, 3.05) is 7.11 Å². The van der Waals surface area contributed by atoms with E-state index in [0.29, 0.717) is 0 Å². The molecule has 2 fully saturated rings. The van der Waals surface area contributed by atoms with Crippen LogP contribution in [0.2, 0.25) is 0 Å². The lowest BCUT2D eigenvalue weighted by molar-refractivity contribution is -0.157. The predicted molar refractivity (Wildman–Crippen MR) is 74.4 cm³/mol. The molecule has 0 unspecified atom stereocenters. The third kappa shape index (κ3) is 2.89. The van der Waals surface area contributed by atoms with E-state index in [-0.39, 0.29) is 30.2 Å². The first-order valence-electron chi connectivity index (χ1n) is 7.48. The lowest BCUT2D eigenvalue weighted by atomic mass is 9.89. The molecule has 0 aromatic rings. The van der Waals surface area contributed by atoms with Crippen molar-refractivity contribution in [2.45, 2.75) is 51.6 Å². The minimum absolute atomic E-state index is 0.00717. The third-order valence-electron chi connectivity index (χ3n) is 4.83. The number of piperidine rings is 1. The van der Waals surface area contributed by atoms with Crippen molar-refractivity contribution in [3.05, 3.63) is 0 Å². The monoisotopic (exact) mass is 297 g/mol.